The second kappa shape index (κ2) is 7.47. The lowest BCUT2D eigenvalue weighted by Gasteiger charge is -2.06. The number of hydrogen-bond acceptors (Lipinski definition) is 4. The number of imide groups is 1. The highest BCUT2D eigenvalue weighted by Crippen LogP contribution is 2.18. The summed E-state index contributed by atoms with van der Waals surface area (Å²) in [6.07, 6.45) is 5.38. The molecule has 1 aliphatic rings. The van der Waals surface area contributed by atoms with E-state index in [9.17, 15) is 9.59 Å². The maximum atomic E-state index is 11.4. The topological polar surface area (TPSA) is 64.6 Å². The van der Waals surface area contributed by atoms with Crippen molar-refractivity contribution in [1.82, 2.24) is 5.32 Å². The van der Waals surface area contributed by atoms with Crippen LogP contribution in [0.1, 0.15) is 38.2 Å². The van der Waals surface area contributed by atoms with Crippen LogP contribution >= 0.6 is 0 Å². The summed E-state index contributed by atoms with van der Waals surface area (Å²) < 4.78 is 10.4. The van der Waals surface area contributed by atoms with Crippen molar-refractivity contribution in [2.45, 2.75) is 32.6 Å². The van der Waals surface area contributed by atoms with Crippen LogP contribution in [0.5, 0.6) is 5.75 Å². The maximum Gasteiger partial charge on any atom is 0.419 e. The molecule has 1 aromatic rings. The summed E-state index contributed by atoms with van der Waals surface area (Å²) in [7, 11) is 0. The number of hydrogen-bond donors (Lipinski definition) is 1. The highest BCUT2D eigenvalue weighted by Gasteiger charge is 2.25. The van der Waals surface area contributed by atoms with Crippen molar-refractivity contribution in [2.75, 3.05) is 6.61 Å². The maximum absolute atomic E-state index is 11.4. The molecule has 0 radical (unpaired) electrons. The molecule has 0 saturated carbocycles. The molecule has 1 saturated heterocycles. The molecule has 5 heteroatoms. The molecule has 0 aliphatic carbocycles. The van der Waals surface area contributed by atoms with Crippen LogP contribution < -0.4 is 10.1 Å². The highest BCUT2D eigenvalue weighted by molar-refractivity contribution is 6.09. The number of alkyl carbamates (subject to hydrolysis) is 1. The number of amides is 2. The smallest absolute Gasteiger partial charge is 0.419 e. The number of cyclic esters (lactones) is 1. The Labute approximate surface area is 123 Å². The first-order valence-corrected chi connectivity index (χ1v) is 7.17. The van der Waals surface area contributed by atoms with Crippen LogP contribution in [0.25, 0.3) is 6.08 Å². The van der Waals surface area contributed by atoms with Crippen LogP contribution in [0.2, 0.25) is 0 Å². The lowest BCUT2D eigenvalue weighted by molar-refractivity contribution is -0.116. The Morgan fingerprint density at radius 1 is 1.24 bits per heavy atom. The number of carbonyl (C=O) groups excluding carboxylic acids is 2. The average molecular weight is 289 g/mol. The van der Waals surface area contributed by atoms with E-state index in [1.54, 1.807) is 0 Å². The fraction of sp³-hybridized carbons (Fsp3) is 0.375. The van der Waals surface area contributed by atoms with Crippen LogP contribution in [0.15, 0.2) is 30.0 Å². The molecule has 2 amide bonds. The molecule has 1 fully saturated rings. The number of ether oxygens (including phenoxy) is 2. The van der Waals surface area contributed by atoms with Crippen molar-refractivity contribution in [3.05, 3.63) is 35.6 Å². The summed E-state index contributed by atoms with van der Waals surface area (Å²) in [6, 6.07) is 7.33. The van der Waals surface area contributed by atoms with Gasteiger partial charge in [0, 0.05) is 0 Å². The van der Waals surface area contributed by atoms with E-state index >= 15 is 0 Å². The third-order valence-electron chi connectivity index (χ3n) is 3.06. The molecule has 0 aromatic heterocycles. The second-order valence-corrected chi connectivity index (χ2v) is 4.83. The van der Waals surface area contributed by atoms with Crippen LogP contribution in [-0.4, -0.2) is 18.6 Å². The minimum atomic E-state index is -0.741. The quantitative estimate of drug-likeness (QED) is 0.618. The number of unbranched alkanes of at least 4 members (excludes halogenated alkanes) is 3. The Kier molecular flexibility index (Phi) is 5.37. The number of benzene rings is 1. The van der Waals surface area contributed by atoms with E-state index in [-0.39, 0.29) is 5.76 Å². The third-order valence-corrected chi connectivity index (χ3v) is 3.06. The van der Waals surface area contributed by atoms with E-state index in [4.69, 9.17) is 9.47 Å². The molecule has 1 heterocycles. The summed E-state index contributed by atoms with van der Waals surface area (Å²) >= 11 is 0. The molecule has 1 N–H and O–H groups in total. The monoisotopic (exact) mass is 289 g/mol. The fourth-order valence-electron chi connectivity index (χ4n) is 1.99. The summed E-state index contributed by atoms with van der Waals surface area (Å²) in [6.45, 7) is 2.85. The van der Waals surface area contributed by atoms with Crippen molar-refractivity contribution in [3.63, 3.8) is 0 Å². The molecule has 5 nitrogen and oxygen atoms in total. The molecule has 2 rings (SSSR count). The van der Waals surface area contributed by atoms with Crippen molar-refractivity contribution in [3.8, 4) is 5.75 Å². The number of nitrogens with one attached hydrogen (secondary N) is 1. The minimum Gasteiger partial charge on any atom is -0.494 e. The van der Waals surface area contributed by atoms with Gasteiger partial charge in [-0.2, -0.15) is 0 Å². The molecular formula is C16H19NO4. The van der Waals surface area contributed by atoms with Gasteiger partial charge in [0.25, 0.3) is 5.91 Å². The van der Waals surface area contributed by atoms with E-state index in [0.29, 0.717) is 6.61 Å². The lowest BCUT2D eigenvalue weighted by atomic mass is 10.2. The Hall–Kier alpha value is -2.30. The molecule has 1 aromatic carbocycles. The molecule has 0 atom stereocenters. The van der Waals surface area contributed by atoms with Gasteiger partial charge in [-0.25, -0.2) is 4.79 Å². The third kappa shape index (κ3) is 4.63. The van der Waals surface area contributed by atoms with Crippen molar-refractivity contribution >= 4 is 18.1 Å². The molecule has 21 heavy (non-hydrogen) atoms. The Morgan fingerprint density at radius 3 is 2.81 bits per heavy atom. The van der Waals surface area contributed by atoms with E-state index in [2.05, 4.69) is 12.2 Å². The molecule has 1 aliphatic heterocycles. The molecular weight excluding hydrogens is 270 g/mol. The van der Waals surface area contributed by atoms with Crippen molar-refractivity contribution < 1.29 is 19.1 Å². The van der Waals surface area contributed by atoms with E-state index in [1.165, 1.54) is 18.9 Å². The average Bonchev–Trinajstić information content (AvgIpc) is 2.77. The van der Waals surface area contributed by atoms with Gasteiger partial charge in [0.05, 0.1) is 6.61 Å². The zero-order chi connectivity index (χ0) is 15.1. The molecule has 0 bridgehead atoms. The second-order valence-electron chi connectivity index (χ2n) is 4.83. The van der Waals surface area contributed by atoms with E-state index in [0.717, 1.165) is 24.2 Å². The van der Waals surface area contributed by atoms with Gasteiger partial charge < -0.3 is 9.47 Å². The standard InChI is InChI=1S/C16H19NO4/c1-2-3-4-5-9-20-13-8-6-7-12(10-13)11-14-15(18)17-16(19)21-14/h6-8,10-11H,2-5,9H2,1H3,(H,17,18,19)/b14-11+. The molecule has 0 unspecified atom stereocenters. The molecule has 112 valence electrons. The van der Waals surface area contributed by atoms with Crippen LogP contribution in [0.4, 0.5) is 4.79 Å². The SMILES string of the molecule is CCCCCCOc1cccc(/C=C2/OC(=O)NC2=O)c1. The van der Waals surface area contributed by atoms with Gasteiger partial charge >= 0.3 is 6.09 Å². The summed E-state index contributed by atoms with van der Waals surface area (Å²) in [5, 5.41) is 2.06. The van der Waals surface area contributed by atoms with E-state index in [1.807, 2.05) is 24.3 Å². The normalized spacial score (nSPS) is 16.0. The first-order chi connectivity index (χ1) is 10.2. The van der Waals surface area contributed by atoms with Crippen molar-refractivity contribution in [1.29, 1.82) is 0 Å². The van der Waals surface area contributed by atoms with Gasteiger partial charge in [-0.3, -0.25) is 10.1 Å². The highest BCUT2D eigenvalue weighted by atomic mass is 16.6. The minimum absolute atomic E-state index is 0.0000887. The summed E-state index contributed by atoms with van der Waals surface area (Å²) in [5.74, 6) is 0.219. The Bertz CT molecular complexity index is 551. The van der Waals surface area contributed by atoms with Gasteiger partial charge in [-0.15, -0.1) is 0 Å². The first-order valence-electron chi connectivity index (χ1n) is 7.17. The first kappa shape index (κ1) is 15.1. The van der Waals surface area contributed by atoms with Crippen molar-refractivity contribution in [2.24, 2.45) is 0 Å². The van der Waals surface area contributed by atoms with Crippen LogP contribution in [-0.2, 0) is 9.53 Å². The zero-order valence-electron chi connectivity index (χ0n) is 12.1. The Morgan fingerprint density at radius 2 is 2.10 bits per heavy atom. The summed E-state index contributed by atoms with van der Waals surface area (Å²) in [4.78, 5) is 22.3. The van der Waals surface area contributed by atoms with Gasteiger partial charge in [0.2, 0.25) is 0 Å². The Balaban J connectivity index is 1.93. The fourth-order valence-corrected chi connectivity index (χ4v) is 1.99. The predicted octanol–water partition coefficient (Wildman–Crippen LogP) is 3.25. The van der Waals surface area contributed by atoms with Gasteiger partial charge in [0.1, 0.15) is 5.75 Å². The lowest BCUT2D eigenvalue weighted by Crippen LogP contribution is -2.18. The largest absolute Gasteiger partial charge is 0.494 e. The van der Waals surface area contributed by atoms with Gasteiger partial charge in [-0.05, 0) is 30.2 Å². The zero-order valence-corrected chi connectivity index (χ0v) is 12.1. The number of rotatable bonds is 7. The van der Waals surface area contributed by atoms with Gasteiger partial charge in [-0.1, -0.05) is 38.3 Å². The molecule has 0 spiro atoms. The summed E-state index contributed by atoms with van der Waals surface area (Å²) in [5.41, 5.74) is 0.751. The number of carbonyl (C=O) groups is 2. The van der Waals surface area contributed by atoms with Gasteiger partial charge in [0.15, 0.2) is 5.76 Å². The van der Waals surface area contributed by atoms with E-state index < -0.39 is 12.0 Å². The van der Waals surface area contributed by atoms with Crippen LogP contribution in [0.3, 0.4) is 0 Å². The predicted molar refractivity (Wildman–Crippen MR) is 78.7 cm³/mol. The van der Waals surface area contributed by atoms with Crippen LogP contribution in [0, 0.1) is 0 Å².